The Morgan fingerprint density at radius 1 is 1.12 bits per heavy atom. The third kappa shape index (κ3) is 2.98. The first kappa shape index (κ1) is 12.4. The third-order valence-corrected chi connectivity index (χ3v) is 4.68. The zero-order valence-corrected chi connectivity index (χ0v) is 10.7. The number of rotatable bonds is 3. The summed E-state index contributed by atoms with van der Waals surface area (Å²) in [5.41, 5.74) is 0.240. The van der Waals surface area contributed by atoms with Gasteiger partial charge in [-0.1, -0.05) is 26.2 Å². The molecule has 1 aliphatic carbocycles. The monoisotopic (exact) mass is 225 g/mol. The number of aliphatic hydroxyl groups excluding tert-OH is 1. The third-order valence-electron chi connectivity index (χ3n) is 4.68. The summed E-state index contributed by atoms with van der Waals surface area (Å²) in [6, 6.07) is 0. The lowest BCUT2D eigenvalue weighted by Gasteiger charge is -2.42. The van der Waals surface area contributed by atoms with Crippen LogP contribution in [-0.2, 0) is 0 Å². The van der Waals surface area contributed by atoms with Crippen molar-refractivity contribution in [2.24, 2.45) is 11.3 Å². The van der Waals surface area contributed by atoms with E-state index in [0.29, 0.717) is 6.61 Å². The fourth-order valence-electron chi connectivity index (χ4n) is 3.33. The first-order chi connectivity index (χ1) is 7.74. The maximum Gasteiger partial charge on any atom is 0.0499 e. The van der Waals surface area contributed by atoms with E-state index in [1.54, 1.807) is 0 Å². The summed E-state index contributed by atoms with van der Waals surface area (Å²) >= 11 is 0. The molecule has 2 rings (SSSR count). The molecule has 2 fully saturated rings. The van der Waals surface area contributed by atoms with Crippen LogP contribution >= 0.6 is 0 Å². The molecule has 94 valence electrons. The van der Waals surface area contributed by atoms with E-state index in [2.05, 4.69) is 11.8 Å². The number of aliphatic hydroxyl groups is 1. The maximum absolute atomic E-state index is 9.73. The smallest absolute Gasteiger partial charge is 0.0499 e. The van der Waals surface area contributed by atoms with E-state index in [-0.39, 0.29) is 5.41 Å². The summed E-state index contributed by atoms with van der Waals surface area (Å²) in [5.74, 6) is 0.876. The first-order valence-electron chi connectivity index (χ1n) is 7.07. The van der Waals surface area contributed by atoms with Crippen molar-refractivity contribution in [1.29, 1.82) is 0 Å². The summed E-state index contributed by atoms with van der Waals surface area (Å²) in [7, 11) is 0. The van der Waals surface area contributed by atoms with E-state index in [0.717, 1.165) is 12.5 Å². The summed E-state index contributed by atoms with van der Waals surface area (Å²) in [5, 5.41) is 9.73. The molecule has 0 bridgehead atoms. The topological polar surface area (TPSA) is 23.5 Å². The van der Waals surface area contributed by atoms with Crippen molar-refractivity contribution in [2.75, 3.05) is 26.2 Å². The molecule has 2 nitrogen and oxygen atoms in total. The fourth-order valence-corrected chi connectivity index (χ4v) is 3.33. The van der Waals surface area contributed by atoms with Crippen molar-refractivity contribution in [3.8, 4) is 0 Å². The van der Waals surface area contributed by atoms with Gasteiger partial charge in [-0.15, -0.1) is 0 Å². The van der Waals surface area contributed by atoms with Crippen LogP contribution in [0.25, 0.3) is 0 Å². The Bertz CT molecular complexity index is 203. The fraction of sp³-hybridized carbons (Fsp3) is 1.00. The van der Waals surface area contributed by atoms with Gasteiger partial charge in [-0.25, -0.2) is 0 Å². The molecular formula is C14H27NO. The highest BCUT2D eigenvalue weighted by Gasteiger charge is 2.35. The Balaban J connectivity index is 1.88. The molecule has 1 saturated carbocycles. The van der Waals surface area contributed by atoms with Crippen LogP contribution in [0.4, 0.5) is 0 Å². The predicted octanol–water partition coefficient (Wildman–Crippen LogP) is 2.66. The van der Waals surface area contributed by atoms with Gasteiger partial charge in [0.05, 0.1) is 0 Å². The second kappa shape index (κ2) is 5.50. The van der Waals surface area contributed by atoms with Gasteiger partial charge in [0.1, 0.15) is 0 Å². The highest BCUT2D eigenvalue weighted by molar-refractivity contribution is 4.87. The zero-order valence-electron chi connectivity index (χ0n) is 10.7. The molecule has 2 heteroatoms. The minimum Gasteiger partial charge on any atom is -0.396 e. The molecule has 1 saturated heterocycles. The van der Waals surface area contributed by atoms with Gasteiger partial charge in [-0.3, -0.25) is 0 Å². The van der Waals surface area contributed by atoms with Gasteiger partial charge in [0, 0.05) is 18.6 Å². The van der Waals surface area contributed by atoms with E-state index in [1.165, 1.54) is 58.0 Å². The average Bonchev–Trinajstić information content (AvgIpc) is 2.34. The lowest BCUT2D eigenvalue weighted by molar-refractivity contribution is 0.0240. The van der Waals surface area contributed by atoms with Crippen LogP contribution < -0.4 is 0 Å². The normalized spacial score (nSPS) is 37.5. The minimum atomic E-state index is 0.240. The molecule has 0 aromatic carbocycles. The van der Waals surface area contributed by atoms with Gasteiger partial charge in [0.25, 0.3) is 0 Å². The molecule has 0 aromatic rings. The number of piperidine rings is 1. The van der Waals surface area contributed by atoms with Crippen LogP contribution in [0.2, 0.25) is 0 Å². The molecule has 0 atom stereocenters. The number of hydrogen-bond acceptors (Lipinski definition) is 2. The van der Waals surface area contributed by atoms with Crippen molar-refractivity contribution >= 4 is 0 Å². The minimum absolute atomic E-state index is 0.240. The second-order valence-electron chi connectivity index (χ2n) is 6.18. The van der Waals surface area contributed by atoms with Crippen LogP contribution in [0.5, 0.6) is 0 Å². The molecule has 0 radical (unpaired) electrons. The average molecular weight is 225 g/mol. The van der Waals surface area contributed by atoms with E-state index >= 15 is 0 Å². The maximum atomic E-state index is 9.73. The summed E-state index contributed by atoms with van der Waals surface area (Å²) < 4.78 is 0. The van der Waals surface area contributed by atoms with E-state index in [1.807, 2.05) is 0 Å². The molecule has 1 heterocycles. The molecule has 1 aliphatic heterocycles. The first-order valence-corrected chi connectivity index (χ1v) is 7.07. The Hall–Kier alpha value is -0.0800. The van der Waals surface area contributed by atoms with Gasteiger partial charge in [0.2, 0.25) is 0 Å². The van der Waals surface area contributed by atoms with Crippen LogP contribution in [0, 0.1) is 11.3 Å². The van der Waals surface area contributed by atoms with Gasteiger partial charge < -0.3 is 10.0 Å². The van der Waals surface area contributed by atoms with Crippen molar-refractivity contribution in [3.05, 3.63) is 0 Å². The molecular weight excluding hydrogens is 198 g/mol. The highest BCUT2D eigenvalue weighted by Crippen LogP contribution is 2.39. The summed E-state index contributed by atoms with van der Waals surface area (Å²) in [6.45, 7) is 6.42. The van der Waals surface area contributed by atoms with Crippen molar-refractivity contribution < 1.29 is 5.11 Å². The van der Waals surface area contributed by atoms with Crippen LogP contribution in [0.1, 0.15) is 51.9 Å². The van der Waals surface area contributed by atoms with Gasteiger partial charge in [-0.2, -0.15) is 0 Å². The van der Waals surface area contributed by atoms with Crippen molar-refractivity contribution in [2.45, 2.75) is 51.9 Å². The Kier molecular flexibility index (Phi) is 4.26. The SMILES string of the molecule is CC1CCC(CO)(CN2CCCCC2)CC1. The van der Waals surface area contributed by atoms with Crippen molar-refractivity contribution in [3.63, 3.8) is 0 Å². The Labute approximate surface area is 100 Å². The molecule has 1 N–H and O–H groups in total. The summed E-state index contributed by atoms with van der Waals surface area (Å²) in [6.07, 6.45) is 9.22. The molecule has 2 aliphatic rings. The van der Waals surface area contributed by atoms with E-state index in [9.17, 15) is 5.11 Å². The lowest BCUT2D eigenvalue weighted by Crippen LogP contribution is -2.44. The molecule has 0 unspecified atom stereocenters. The molecule has 16 heavy (non-hydrogen) atoms. The number of hydrogen-bond donors (Lipinski definition) is 1. The van der Waals surface area contributed by atoms with E-state index < -0.39 is 0 Å². The lowest BCUT2D eigenvalue weighted by atomic mass is 9.71. The van der Waals surface area contributed by atoms with E-state index in [4.69, 9.17) is 0 Å². The van der Waals surface area contributed by atoms with Crippen LogP contribution in [0.3, 0.4) is 0 Å². The number of nitrogens with zero attached hydrogens (tertiary/aromatic N) is 1. The van der Waals surface area contributed by atoms with Gasteiger partial charge >= 0.3 is 0 Å². The molecule has 0 aromatic heterocycles. The van der Waals surface area contributed by atoms with Crippen LogP contribution in [-0.4, -0.2) is 36.2 Å². The van der Waals surface area contributed by atoms with Gasteiger partial charge in [0.15, 0.2) is 0 Å². The Morgan fingerprint density at radius 2 is 1.75 bits per heavy atom. The largest absolute Gasteiger partial charge is 0.396 e. The number of likely N-dealkylation sites (tertiary alicyclic amines) is 1. The quantitative estimate of drug-likeness (QED) is 0.798. The second-order valence-corrected chi connectivity index (χ2v) is 6.18. The highest BCUT2D eigenvalue weighted by atomic mass is 16.3. The standard InChI is InChI=1S/C14H27NO/c1-13-5-7-14(12-16,8-6-13)11-15-9-3-2-4-10-15/h13,16H,2-12H2,1H3. The molecule has 0 amide bonds. The van der Waals surface area contributed by atoms with Gasteiger partial charge in [-0.05, 0) is 44.7 Å². The Morgan fingerprint density at radius 3 is 2.31 bits per heavy atom. The molecule has 0 spiro atoms. The zero-order chi connectivity index (χ0) is 11.4. The van der Waals surface area contributed by atoms with Crippen molar-refractivity contribution in [1.82, 2.24) is 4.90 Å². The van der Waals surface area contributed by atoms with Crippen LogP contribution in [0.15, 0.2) is 0 Å². The predicted molar refractivity (Wildman–Crippen MR) is 67.4 cm³/mol. The summed E-state index contributed by atoms with van der Waals surface area (Å²) in [4.78, 5) is 2.59.